The highest BCUT2D eigenvalue weighted by atomic mass is 19.1. The number of amides is 2. The number of methoxy groups -OCH3 is 1. The van der Waals surface area contributed by atoms with Crippen molar-refractivity contribution in [3.8, 4) is 5.75 Å². The van der Waals surface area contributed by atoms with E-state index in [1.807, 2.05) is 4.90 Å². The highest BCUT2D eigenvalue weighted by Gasteiger charge is 2.23. The second-order valence-electron chi connectivity index (χ2n) is 7.02. The Balaban J connectivity index is 1.41. The molecule has 2 aromatic carbocycles. The Morgan fingerprint density at radius 3 is 2.50 bits per heavy atom. The first-order chi connectivity index (χ1) is 13.6. The smallest absolute Gasteiger partial charge is 0.253 e. The zero-order valence-corrected chi connectivity index (χ0v) is 16.0. The van der Waals surface area contributed by atoms with E-state index >= 15 is 0 Å². The lowest BCUT2D eigenvalue weighted by Gasteiger charge is -2.32. The minimum absolute atomic E-state index is 0.0511. The summed E-state index contributed by atoms with van der Waals surface area (Å²) in [4.78, 5) is 26.5. The first-order valence-corrected chi connectivity index (χ1v) is 9.54. The molecule has 0 aliphatic carbocycles. The summed E-state index contributed by atoms with van der Waals surface area (Å²) >= 11 is 0. The molecule has 0 unspecified atom stereocenters. The van der Waals surface area contributed by atoms with Gasteiger partial charge in [-0.25, -0.2) is 4.39 Å². The lowest BCUT2D eigenvalue weighted by molar-refractivity contribution is 0.0687. The zero-order valence-electron chi connectivity index (χ0n) is 16.0. The van der Waals surface area contributed by atoms with Crippen molar-refractivity contribution in [3.63, 3.8) is 0 Å². The van der Waals surface area contributed by atoms with Crippen LogP contribution in [0.15, 0.2) is 48.5 Å². The number of nitrogens with one attached hydrogen (secondary N) is 1. The maximum Gasteiger partial charge on any atom is 0.253 e. The van der Waals surface area contributed by atoms with Gasteiger partial charge in [0.25, 0.3) is 11.8 Å². The molecule has 3 rings (SSSR count). The number of piperidine rings is 1. The summed E-state index contributed by atoms with van der Waals surface area (Å²) in [6.07, 6.45) is 2.69. The predicted octanol–water partition coefficient (Wildman–Crippen LogP) is 3.51. The SMILES string of the molecule is COc1cccc(C(=O)NCCC2CCN(C(=O)c3ccc(F)cc3)CC2)c1. The second kappa shape index (κ2) is 9.35. The van der Waals surface area contributed by atoms with E-state index in [-0.39, 0.29) is 17.6 Å². The highest BCUT2D eigenvalue weighted by molar-refractivity contribution is 5.94. The molecule has 0 spiro atoms. The lowest BCUT2D eigenvalue weighted by atomic mass is 9.93. The fourth-order valence-corrected chi connectivity index (χ4v) is 3.46. The van der Waals surface area contributed by atoms with Crippen molar-refractivity contribution < 1.29 is 18.7 Å². The van der Waals surface area contributed by atoms with Crippen LogP contribution in [0.2, 0.25) is 0 Å². The van der Waals surface area contributed by atoms with E-state index in [1.165, 1.54) is 24.3 Å². The summed E-state index contributed by atoms with van der Waals surface area (Å²) in [7, 11) is 1.57. The molecule has 0 saturated carbocycles. The van der Waals surface area contributed by atoms with Gasteiger partial charge < -0.3 is 15.0 Å². The molecular weight excluding hydrogens is 359 g/mol. The van der Waals surface area contributed by atoms with Crippen LogP contribution in [0, 0.1) is 11.7 Å². The van der Waals surface area contributed by atoms with E-state index in [2.05, 4.69) is 5.32 Å². The Hall–Kier alpha value is -2.89. The average molecular weight is 384 g/mol. The molecule has 148 valence electrons. The molecule has 2 amide bonds. The normalized spacial score (nSPS) is 14.6. The molecule has 1 N–H and O–H groups in total. The van der Waals surface area contributed by atoms with Crippen LogP contribution in [-0.4, -0.2) is 43.5 Å². The quantitative estimate of drug-likeness (QED) is 0.829. The summed E-state index contributed by atoms with van der Waals surface area (Å²) in [5.41, 5.74) is 1.10. The van der Waals surface area contributed by atoms with E-state index in [4.69, 9.17) is 4.74 Å². The van der Waals surface area contributed by atoms with Crippen LogP contribution in [-0.2, 0) is 0 Å². The molecule has 0 radical (unpaired) electrons. The van der Waals surface area contributed by atoms with Gasteiger partial charge in [-0.05, 0) is 67.6 Å². The number of nitrogens with zero attached hydrogens (tertiary/aromatic N) is 1. The summed E-state index contributed by atoms with van der Waals surface area (Å²) in [5, 5.41) is 2.95. The number of likely N-dealkylation sites (tertiary alicyclic amines) is 1. The molecule has 5 nitrogen and oxygen atoms in total. The van der Waals surface area contributed by atoms with Crippen molar-refractivity contribution in [2.24, 2.45) is 5.92 Å². The number of hydrogen-bond acceptors (Lipinski definition) is 3. The van der Waals surface area contributed by atoms with Crippen LogP contribution >= 0.6 is 0 Å². The van der Waals surface area contributed by atoms with Gasteiger partial charge in [-0.2, -0.15) is 0 Å². The zero-order chi connectivity index (χ0) is 19.9. The van der Waals surface area contributed by atoms with E-state index in [0.717, 1.165) is 19.3 Å². The average Bonchev–Trinajstić information content (AvgIpc) is 2.74. The minimum atomic E-state index is -0.341. The third-order valence-corrected chi connectivity index (χ3v) is 5.16. The van der Waals surface area contributed by atoms with Crippen molar-refractivity contribution in [1.29, 1.82) is 0 Å². The second-order valence-corrected chi connectivity index (χ2v) is 7.02. The topological polar surface area (TPSA) is 58.6 Å². The highest BCUT2D eigenvalue weighted by Crippen LogP contribution is 2.22. The third kappa shape index (κ3) is 5.09. The van der Waals surface area contributed by atoms with Crippen LogP contribution < -0.4 is 10.1 Å². The summed E-state index contributed by atoms with van der Waals surface area (Å²) < 4.78 is 18.1. The standard InChI is InChI=1S/C22H25FN2O3/c1-28-20-4-2-3-18(15-20)21(26)24-12-9-16-10-13-25(14-11-16)22(27)17-5-7-19(23)8-6-17/h2-8,15-16H,9-14H2,1H3,(H,24,26). The van der Waals surface area contributed by atoms with Crippen molar-refractivity contribution in [2.45, 2.75) is 19.3 Å². The molecule has 1 fully saturated rings. The van der Waals surface area contributed by atoms with Gasteiger partial charge in [0.15, 0.2) is 0 Å². The van der Waals surface area contributed by atoms with Gasteiger partial charge in [0.2, 0.25) is 0 Å². The van der Waals surface area contributed by atoms with Crippen molar-refractivity contribution in [2.75, 3.05) is 26.7 Å². The fourth-order valence-electron chi connectivity index (χ4n) is 3.46. The number of ether oxygens (including phenoxy) is 1. The van der Waals surface area contributed by atoms with E-state index in [0.29, 0.717) is 42.4 Å². The Morgan fingerprint density at radius 1 is 1.11 bits per heavy atom. The largest absolute Gasteiger partial charge is 0.497 e. The van der Waals surface area contributed by atoms with Gasteiger partial charge >= 0.3 is 0 Å². The molecule has 28 heavy (non-hydrogen) atoms. The van der Waals surface area contributed by atoms with Gasteiger partial charge in [-0.3, -0.25) is 9.59 Å². The number of carbonyl (C=O) groups is 2. The lowest BCUT2D eigenvalue weighted by Crippen LogP contribution is -2.39. The molecule has 1 saturated heterocycles. The number of benzene rings is 2. The van der Waals surface area contributed by atoms with Crippen LogP contribution in [0.5, 0.6) is 5.75 Å². The Labute approximate surface area is 164 Å². The summed E-state index contributed by atoms with van der Waals surface area (Å²) in [6, 6.07) is 12.7. The summed E-state index contributed by atoms with van der Waals surface area (Å²) in [5.74, 6) is 0.632. The predicted molar refractivity (Wildman–Crippen MR) is 105 cm³/mol. The van der Waals surface area contributed by atoms with Crippen LogP contribution in [0.1, 0.15) is 40.0 Å². The van der Waals surface area contributed by atoms with Gasteiger partial charge in [0.05, 0.1) is 7.11 Å². The van der Waals surface area contributed by atoms with E-state index in [9.17, 15) is 14.0 Å². The molecule has 1 aliphatic rings. The first kappa shape index (κ1) is 19.9. The third-order valence-electron chi connectivity index (χ3n) is 5.16. The molecule has 0 atom stereocenters. The number of carbonyl (C=O) groups excluding carboxylic acids is 2. The van der Waals surface area contributed by atoms with Gasteiger partial charge in [-0.1, -0.05) is 6.07 Å². The van der Waals surface area contributed by atoms with E-state index < -0.39 is 0 Å². The Kier molecular flexibility index (Phi) is 6.63. The molecule has 0 aromatic heterocycles. The molecule has 1 aliphatic heterocycles. The molecule has 2 aromatic rings. The maximum absolute atomic E-state index is 13.0. The molecular formula is C22H25FN2O3. The number of rotatable bonds is 6. The maximum atomic E-state index is 13.0. The van der Waals surface area contributed by atoms with Crippen LogP contribution in [0.4, 0.5) is 4.39 Å². The monoisotopic (exact) mass is 384 g/mol. The molecule has 6 heteroatoms. The molecule has 0 bridgehead atoms. The van der Waals surface area contributed by atoms with Gasteiger partial charge in [-0.15, -0.1) is 0 Å². The van der Waals surface area contributed by atoms with E-state index in [1.54, 1.807) is 31.4 Å². The summed E-state index contributed by atoms with van der Waals surface area (Å²) in [6.45, 7) is 1.97. The van der Waals surface area contributed by atoms with Crippen molar-refractivity contribution in [1.82, 2.24) is 10.2 Å². The number of hydrogen-bond donors (Lipinski definition) is 1. The minimum Gasteiger partial charge on any atom is -0.497 e. The van der Waals surface area contributed by atoms with Crippen molar-refractivity contribution in [3.05, 3.63) is 65.5 Å². The number of halogens is 1. The van der Waals surface area contributed by atoms with Gasteiger partial charge in [0.1, 0.15) is 11.6 Å². The Bertz CT molecular complexity index is 815. The van der Waals surface area contributed by atoms with Gasteiger partial charge in [0, 0.05) is 30.8 Å². The first-order valence-electron chi connectivity index (χ1n) is 9.54. The van der Waals surface area contributed by atoms with Crippen LogP contribution in [0.25, 0.3) is 0 Å². The van der Waals surface area contributed by atoms with Crippen molar-refractivity contribution >= 4 is 11.8 Å². The fraction of sp³-hybridized carbons (Fsp3) is 0.364. The van der Waals surface area contributed by atoms with Crippen LogP contribution in [0.3, 0.4) is 0 Å². The Morgan fingerprint density at radius 2 is 1.82 bits per heavy atom. The molecule has 1 heterocycles.